The van der Waals surface area contributed by atoms with Gasteiger partial charge in [-0.05, 0) is 33.9 Å². The minimum absolute atomic E-state index is 0.0184. The number of ether oxygens (including phenoxy) is 1. The third-order valence-electron chi connectivity index (χ3n) is 6.61. The molecule has 1 amide bonds. The number of aromatic nitrogens is 1. The zero-order chi connectivity index (χ0) is 27.0. The Balaban J connectivity index is 1.33. The molecule has 0 unspecified atom stereocenters. The number of nitrogens with zero attached hydrogens (tertiary/aromatic N) is 1. The second-order valence-electron chi connectivity index (χ2n) is 8.91. The van der Waals surface area contributed by atoms with Crippen LogP contribution in [0.5, 0.6) is 0 Å². The molecule has 7 nitrogen and oxygen atoms in total. The number of carbonyl (C=O) groups excluding carboxylic acids is 2. The average molecular weight is 522 g/mol. The summed E-state index contributed by atoms with van der Waals surface area (Å²) in [7, 11) is 0. The van der Waals surface area contributed by atoms with Gasteiger partial charge >= 0.3 is 24.1 Å². The molecular weight excluding hydrogens is 501 g/mol. The van der Waals surface area contributed by atoms with Gasteiger partial charge in [-0.15, -0.1) is 0 Å². The fourth-order valence-corrected chi connectivity index (χ4v) is 4.92. The number of carbonyl (C=O) groups is 3. The Bertz CT molecular complexity index is 1510. The Morgan fingerprint density at radius 2 is 1.50 bits per heavy atom. The van der Waals surface area contributed by atoms with Gasteiger partial charge in [0.1, 0.15) is 12.6 Å². The molecule has 0 spiro atoms. The fourth-order valence-electron chi connectivity index (χ4n) is 4.92. The first kappa shape index (κ1) is 25.1. The lowest BCUT2D eigenvalue weighted by atomic mass is 9.98. The van der Waals surface area contributed by atoms with E-state index in [1.807, 2.05) is 48.5 Å². The second kappa shape index (κ2) is 9.70. The van der Waals surface area contributed by atoms with Crippen LogP contribution in [0.4, 0.5) is 18.0 Å². The van der Waals surface area contributed by atoms with Crippen LogP contribution in [0.1, 0.15) is 27.4 Å². The highest BCUT2D eigenvalue weighted by atomic mass is 19.4. The Morgan fingerprint density at radius 3 is 2.11 bits per heavy atom. The predicted octanol–water partition coefficient (Wildman–Crippen LogP) is 5.38. The quantitative estimate of drug-likeness (QED) is 0.355. The van der Waals surface area contributed by atoms with Crippen LogP contribution in [0.2, 0.25) is 0 Å². The number of alkyl halides is 3. The van der Waals surface area contributed by atoms with Crippen LogP contribution in [-0.2, 0) is 16.0 Å². The van der Waals surface area contributed by atoms with Crippen molar-refractivity contribution in [1.29, 1.82) is 0 Å². The van der Waals surface area contributed by atoms with E-state index in [1.54, 1.807) is 6.07 Å². The second-order valence-corrected chi connectivity index (χ2v) is 8.91. The van der Waals surface area contributed by atoms with Gasteiger partial charge < -0.3 is 15.2 Å². The normalized spacial score (nSPS) is 13.6. The molecule has 0 aliphatic heterocycles. The largest absolute Gasteiger partial charge is 0.480 e. The van der Waals surface area contributed by atoms with Crippen LogP contribution < -0.4 is 5.32 Å². The number of rotatable bonds is 6. The maximum absolute atomic E-state index is 13.1. The van der Waals surface area contributed by atoms with E-state index in [0.29, 0.717) is 4.57 Å². The number of benzene rings is 3. The van der Waals surface area contributed by atoms with Gasteiger partial charge in [0.05, 0.1) is 5.52 Å². The lowest BCUT2D eigenvalue weighted by Crippen LogP contribution is -2.42. The van der Waals surface area contributed by atoms with Crippen molar-refractivity contribution in [2.24, 2.45) is 0 Å². The summed E-state index contributed by atoms with van der Waals surface area (Å²) in [5, 5.41) is 12.3. The molecule has 0 fully saturated rings. The molecule has 2 N–H and O–H groups in total. The van der Waals surface area contributed by atoms with Crippen molar-refractivity contribution in [2.75, 3.05) is 6.61 Å². The summed E-state index contributed by atoms with van der Waals surface area (Å²) in [5.74, 6) is -3.74. The minimum Gasteiger partial charge on any atom is -0.480 e. The lowest BCUT2D eigenvalue weighted by molar-refractivity contribution is -0.139. The standard InChI is InChI=1S/C28H21F3N2O5/c29-28(30,31)26(36)33-14-16(17-7-5-6-12-24(17)33)13-23(25(34)35)32-27(37)38-15-22-20-10-3-1-8-18(20)19-9-2-4-11-21(19)22/h1-12,14,22-23H,13,15H2,(H,32,37)(H,34,35)/t23-/m0/s1. The number of aliphatic carboxylic acids is 1. The van der Waals surface area contributed by atoms with E-state index in [2.05, 4.69) is 5.32 Å². The molecule has 0 saturated carbocycles. The van der Waals surface area contributed by atoms with Gasteiger partial charge in [0, 0.05) is 23.9 Å². The molecule has 3 aromatic carbocycles. The molecule has 1 atom stereocenters. The van der Waals surface area contributed by atoms with E-state index in [4.69, 9.17) is 4.74 Å². The molecule has 38 heavy (non-hydrogen) atoms. The van der Waals surface area contributed by atoms with Crippen molar-refractivity contribution in [2.45, 2.75) is 24.6 Å². The maximum atomic E-state index is 13.1. The topological polar surface area (TPSA) is 97.6 Å². The van der Waals surface area contributed by atoms with Gasteiger partial charge in [-0.1, -0.05) is 66.7 Å². The van der Waals surface area contributed by atoms with Gasteiger partial charge in [0.15, 0.2) is 0 Å². The molecule has 0 radical (unpaired) electrons. The molecule has 10 heteroatoms. The highest BCUT2D eigenvalue weighted by Crippen LogP contribution is 2.44. The number of nitrogens with one attached hydrogen (secondary N) is 1. The highest BCUT2D eigenvalue weighted by molar-refractivity contribution is 5.97. The van der Waals surface area contributed by atoms with Crippen molar-refractivity contribution >= 4 is 28.9 Å². The monoisotopic (exact) mass is 522 g/mol. The van der Waals surface area contributed by atoms with Gasteiger partial charge in [0.2, 0.25) is 0 Å². The van der Waals surface area contributed by atoms with Crippen LogP contribution in [0.15, 0.2) is 79.0 Å². The molecule has 1 aromatic heterocycles. The van der Waals surface area contributed by atoms with E-state index < -0.39 is 30.2 Å². The number of hydrogen-bond donors (Lipinski definition) is 2. The third kappa shape index (κ3) is 4.60. The smallest absolute Gasteiger partial charge is 0.472 e. The van der Waals surface area contributed by atoms with Crippen LogP contribution in [0.3, 0.4) is 0 Å². The maximum Gasteiger partial charge on any atom is 0.472 e. The number of fused-ring (bicyclic) bond motifs is 4. The molecule has 0 saturated heterocycles. The Kier molecular flexibility index (Phi) is 6.40. The number of halogens is 3. The Hall–Kier alpha value is -4.60. The van der Waals surface area contributed by atoms with E-state index in [-0.39, 0.29) is 35.4 Å². The molecule has 0 bridgehead atoms. The first-order valence-electron chi connectivity index (χ1n) is 11.7. The van der Waals surface area contributed by atoms with Crippen LogP contribution >= 0.6 is 0 Å². The molecule has 194 valence electrons. The zero-order valence-corrected chi connectivity index (χ0v) is 19.7. The van der Waals surface area contributed by atoms with Crippen LogP contribution in [0, 0.1) is 0 Å². The fraction of sp³-hybridized carbons (Fsp3) is 0.179. The molecular formula is C28H21F3N2O5. The third-order valence-corrected chi connectivity index (χ3v) is 6.61. The zero-order valence-electron chi connectivity index (χ0n) is 19.7. The average Bonchev–Trinajstić information content (AvgIpc) is 3.42. The minimum atomic E-state index is -5.12. The molecule has 4 aromatic rings. The number of para-hydroxylation sites is 1. The van der Waals surface area contributed by atoms with Gasteiger partial charge in [-0.25, -0.2) is 9.59 Å². The summed E-state index contributed by atoms with van der Waals surface area (Å²) in [6.45, 7) is -0.0361. The Labute approximate surface area is 214 Å². The summed E-state index contributed by atoms with van der Waals surface area (Å²) >= 11 is 0. The number of hydrogen-bond acceptors (Lipinski definition) is 4. The number of amides is 1. The molecule has 1 aliphatic carbocycles. The summed E-state index contributed by atoms with van der Waals surface area (Å²) in [6, 6.07) is 19.8. The van der Waals surface area contributed by atoms with E-state index in [9.17, 15) is 32.7 Å². The van der Waals surface area contributed by atoms with E-state index in [1.165, 1.54) is 18.2 Å². The molecule has 5 rings (SSSR count). The first-order chi connectivity index (χ1) is 18.1. The molecule has 1 heterocycles. The summed E-state index contributed by atoms with van der Waals surface area (Å²) in [5.41, 5.74) is 4.17. The van der Waals surface area contributed by atoms with E-state index >= 15 is 0 Å². The number of carboxylic acids is 1. The summed E-state index contributed by atoms with van der Waals surface area (Å²) in [4.78, 5) is 36.5. The predicted molar refractivity (Wildman–Crippen MR) is 132 cm³/mol. The van der Waals surface area contributed by atoms with Crippen LogP contribution in [-0.4, -0.2) is 46.5 Å². The summed E-state index contributed by atoms with van der Waals surface area (Å²) in [6.07, 6.45) is -5.51. The van der Waals surface area contributed by atoms with Gasteiger partial charge in [-0.2, -0.15) is 13.2 Å². The van der Waals surface area contributed by atoms with Crippen molar-refractivity contribution in [3.63, 3.8) is 0 Å². The van der Waals surface area contributed by atoms with Crippen molar-refractivity contribution in [3.05, 3.63) is 95.7 Å². The van der Waals surface area contributed by atoms with Crippen molar-refractivity contribution in [1.82, 2.24) is 9.88 Å². The summed E-state index contributed by atoms with van der Waals surface area (Å²) < 4.78 is 45.1. The van der Waals surface area contributed by atoms with Gasteiger partial charge in [-0.3, -0.25) is 9.36 Å². The first-order valence-corrected chi connectivity index (χ1v) is 11.7. The van der Waals surface area contributed by atoms with Crippen molar-refractivity contribution < 1.29 is 37.4 Å². The number of alkyl carbamates (subject to hydrolysis) is 1. The lowest BCUT2D eigenvalue weighted by Gasteiger charge is -2.17. The van der Waals surface area contributed by atoms with E-state index in [0.717, 1.165) is 28.5 Å². The highest BCUT2D eigenvalue weighted by Gasteiger charge is 2.41. The van der Waals surface area contributed by atoms with Crippen LogP contribution in [0.25, 0.3) is 22.0 Å². The van der Waals surface area contributed by atoms with Gasteiger partial charge in [0.25, 0.3) is 0 Å². The number of carboxylic acid groups (broad SMARTS) is 1. The SMILES string of the molecule is O=C(N[C@@H](Cc1cn(C(=O)C(F)(F)F)c2ccccc12)C(=O)O)OCC1c2ccccc2-c2ccccc21. The molecule has 1 aliphatic rings. The van der Waals surface area contributed by atoms with Crippen molar-refractivity contribution in [3.8, 4) is 11.1 Å². The Morgan fingerprint density at radius 1 is 0.921 bits per heavy atom.